The van der Waals surface area contributed by atoms with Crippen LogP contribution in [-0.2, 0) is 17.1 Å². The number of nitrogens with one attached hydrogen (secondary N) is 1. The van der Waals surface area contributed by atoms with E-state index in [4.69, 9.17) is 4.74 Å². The van der Waals surface area contributed by atoms with Crippen molar-refractivity contribution in [1.29, 1.82) is 0 Å². The Morgan fingerprint density at radius 3 is 2.56 bits per heavy atom. The summed E-state index contributed by atoms with van der Waals surface area (Å²) in [6.07, 6.45) is 1.56. The molecule has 25 heavy (non-hydrogen) atoms. The summed E-state index contributed by atoms with van der Waals surface area (Å²) in [4.78, 5) is 0.165. The summed E-state index contributed by atoms with van der Waals surface area (Å²) in [5.74, 6) is 1.21. The number of nitrogens with zero attached hydrogens (tertiary/aromatic N) is 3. The molecule has 0 atom stereocenters. The van der Waals surface area contributed by atoms with Crippen LogP contribution >= 0.6 is 0 Å². The van der Waals surface area contributed by atoms with Crippen LogP contribution in [0.2, 0.25) is 0 Å². The van der Waals surface area contributed by atoms with E-state index >= 15 is 0 Å². The van der Waals surface area contributed by atoms with E-state index in [1.807, 2.05) is 6.07 Å². The van der Waals surface area contributed by atoms with E-state index in [2.05, 4.69) is 14.9 Å². The van der Waals surface area contributed by atoms with Gasteiger partial charge in [0.25, 0.3) is 10.0 Å². The van der Waals surface area contributed by atoms with Gasteiger partial charge >= 0.3 is 0 Å². The predicted molar refractivity (Wildman–Crippen MR) is 95.0 cm³/mol. The maximum Gasteiger partial charge on any atom is 0.261 e. The minimum absolute atomic E-state index is 0.165. The molecule has 0 bridgehead atoms. The van der Waals surface area contributed by atoms with Crippen LogP contribution in [0, 0.1) is 6.92 Å². The number of rotatable bonds is 5. The molecule has 0 fully saturated rings. The number of aryl methyl sites for hydroxylation is 2. The minimum Gasteiger partial charge on any atom is -0.496 e. The third-order valence-corrected chi connectivity index (χ3v) is 5.16. The lowest BCUT2D eigenvalue weighted by Gasteiger charge is -2.13. The van der Waals surface area contributed by atoms with E-state index < -0.39 is 10.0 Å². The summed E-state index contributed by atoms with van der Waals surface area (Å²) in [7, 11) is -0.404. The minimum atomic E-state index is -3.75. The number of aromatic nitrogens is 3. The first-order valence-corrected chi connectivity index (χ1v) is 9.01. The molecular formula is C17H18N4O3S. The highest BCUT2D eigenvalue weighted by atomic mass is 32.2. The Kier molecular flexibility index (Phi) is 4.45. The topological polar surface area (TPSA) is 86.1 Å². The second-order valence-corrected chi connectivity index (χ2v) is 7.23. The quantitative estimate of drug-likeness (QED) is 0.758. The standard InChI is InChI=1S/C17H18N4O3S/c1-12-10-13(8-9-16(12)24-3)25(22,23)20-15-7-5-4-6-14(15)17-19-18-11-21(17)2/h4-11,20H,1-3H3. The summed E-state index contributed by atoms with van der Waals surface area (Å²) in [6, 6.07) is 11.8. The van der Waals surface area contributed by atoms with Gasteiger partial charge in [-0.05, 0) is 42.8 Å². The van der Waals surface area contributed by atoms with E-state index in [0.717, 1.165) is 5.56 Å². The first kappa shape index (κ1) is 17.0. The van der Waals surface area contributed by atoms with Crippen LogP contribution in [-0.4, -0.2) is 30.3 Å². The predicted octanol–water partition coefficient (Wildman–Crippen LogP) is 2.60. The van der Waals surface area contributed by atoms with Gasteiger partial charge in [-0.1, -0.05) is 12.1 Å². The largest absolute Gasteiger partial charge is 0.496 e. The molecule has 0 spiro atoms. The van der Waals surface area contributed by atoms with E-state index in [1.165, 1.54) is 6.07 Å². The second kappa shape index (κ2) is 6.56. The third kappa shape index (κ3) is 3.34. The highest BCUT2D eigenvalue weighted by molar-refractivity contribution is 7.92. The SMILES string of the molecule is COc1ccc(S(=O)(=O)Nc2ccccc2-c2nncn2C)cc1C. The van der Waals surface area contributed by atoms with Gasteiger partial charge < -0.3 is 9.30 Å². The number of para-hydroxylation sites is 1. The lowest BCUT2D eigenvalue weighted by Crippen LogP contribution is -2.14. The smallest absolute Gasteiger partial charge is 0.261 e. The van der Waals surface area contributed by atoms with Crippen molar-refractivity contribution in [2.75, 3.05) is 11.8 Å². The van der Waals surface area contributed by atoms with Crippen molar-refractivity contribution < 1.29 is 13.2 Å². The van der Waals surface area contributed by atoms with Crippen LogP contribution in [0.25, 0.3) is 11.4 Å². The van der Waals surface area contributed by atoms with Crippen molar-refractivity contribution in [1.82, 2.24) is 14.8 Å². The molecule has 3 rings (SSSR count). The first-order chi connectivity index (χ1) is 11.9. The summed E-state index contributed by atoms with van der Waals surface area (Å²) in [5, 5.41) is 7.89. The van der Waals surface area contributed by atoms with Gasteiger partial charge in [-0.3, -0.25) is 4.72 Å². The zero-order valence-corrected chi connectivity index (χ0v) is 14.9. The number of sulfonamides is 1. The monoisotopic (exact) mass is 358 g/mol. The lowest BCUT2D eigenvalue weighted by atomic mass is 10.2. The lowest BCUT2D eigenvalue weighted by molar-refractivity contribution is 0.411. The van der Waals surface area contributed by atoms with Gasteiger partial charge in [0.1, 0.15) is 12.1 Å². The van der Waals surface area contributed by atoms with Crippen molar-refractivity contribution in [3.63, 3.8) is 0 Å². The average molecular weight is 358 g/mol. The fraction of sp³-hybridized carbons (Fsp3) is 0.176. The first-order valence-electron chi connectivity index (χ1n) is 7.53. The van der Waals surface area contributed by atoms with Gasteiger partial charge in [0, 0.05) is 12.6 Å². The molecule has 0 aliphatic carbocycles. The molecule has 0 saturated carbocycles. The maximum absolute atomic E-state index is 12.8. The molecule has 0 radical (unpaired) electrons. The van der Waals surface area contributed by atoms with Crippen molar-refractivity contribution in [3.8, 4) is 17.1 Å². The average Bonchev–Trinajstić information content (AvgIpc) is 3.01. The molecule has 0 saturated heterocycles. The van der Waals surface area contributed by atoms with Gasteiger partial charge in [0.15, 0.2) is 5.82 Å². The summed E-state index contributed by atoms with van der Waals surface area (Å²) in [6.45, 7) is 1.80. The molecule has 2 aromatic carbocycles. The molecule has 0 aliphatic heterocycles. The van der Waals surface area contributed by atoms with Gasteiger partial charge in [0.2, 0.25) is 0 Å². The van der Waals surface area contributed by atoms with Gasteiger partial charge in [0.05, 0.1) is 17.7 Å². The van der Waals surface area contributed by atoms with Crippen molar-refractivity contribution in [3.05, 3.63) is 54.4 Å². The molecule has 0 amide bonds. The number of hydrogen-bond acceptors (Lipinski definition) is 5. The second-order valence-electron chi connectivity index (χ2n) is 5.55. The van der Waals surface area contributed by atoms with Gasteiger partial charge in [-0.2, -0.15) is 0 Å². The van der Waals surface area contributed by atoms with E-state index in [1.54, 1.807) is 62.3 Å². The summed E-state index contributed by atoms with van der Waals surface area (Å²) in [5.41, 5.74) is 1.83. The van der Waals surface area contributed by atoms with Crippen LogP contribution in [0.15, 0.2) is 53.7 Å². The fourth-order valence-corrected chi connectivity index (χ4v) is 3.68. The van der Waals surface area contributed by atoms with Crippen molar-refractivity contribution in [2.24, 2.45) is 7.05 Å². The van der Waals surface area contributed by atoms with Crippen LogP contribution in [0.4, 0.5) is 5.69 Å². The molecule has 1 N–H and O–H groups in total. The highest BCUT2D eigenvalue weighted by Gasteiger charge is 2.19. The Morgan fingerprint density at radius 2 is 1.92 bits per heavy atom. The van der Waals surface area contributed by atoms with Crippen molar-refractivity contribution in [2.45, 2.75) is 11.8 Å². The van der Waals surface area contributed by atoms with Crippen LogP contribution in [0.3, 0.4) is 0 Å². The number of anilines is 1. The van der Waals surface area contributed by atoms with Crippen LogP contribution in [0.5, 0.6) is 5.75 Å². The molecule has 1 heterocycles. The molecule has 0 unspecified atom stereocenters. The maximum atomic E-state index is 12.8. The molecule has 3 aromatic rings. The van der Waals surface area contributed by atoms with Crippen molar-refractivity contribution >= 4 is 15.7 Å². The summed E-state index contributed by atoms with van der Waals surface area (Å²) < 4.78 is 35.1. The number of ether oxygens (including phenoxy) is 1. The van der Waals surface area contributed by atoms with Crippen LogP contribution < -0.4 is 9.46 Å². The molecule has 7 nitrogen and oxygen atoms in total. The third-order valence-electron chi connectivity index (χ3n) is 3.80. The number of hydrogen-bond donors (Lipinski definition) is 1. The Bertz CT molecular complexity index is 1010. The Morgan fingerprint density at radius 1 is 1.16 bits per heavy atom. The summed E-state index contributed by atoms with van der Waals surface area (Å²) >= 11 is 0. The Labute approximate surface area is 146 Å². The van der Waals surface area contributed by atoms with E-state index in [-0.39, 0.29) is 4.90 Å². The number of benzene rings is 2. The molecule has 8 heteroatoms. The van der Waals surface area contributed by atoms with E-state index in [9.17, 15) is 8.42 Å². The molecule has 130 valence electrons. The van der Waals surface area contributed by atoms with Gasteiger partial charge in [-0.15, -0.1) is 10.2 Å². The zero-order chi connectivity index (χ0) is 18.0. The fourth-order valence-electron chi connectivity index (χ4n) is 2.52. The highest BCUT2D eigenvalue weighted by Crippen LogP contribution is 2.29. The zero-order valence-electron chi connectivity index (χ0n) is 14.1. The normalized spacial score (nSPS) is 11.3. The Balaban J connectivity index is 2.00. The molecular weight excluding hydrogens is 340 g/mol. The van der Waals surface area contributed by atoms with Gasteiger partial charge in [-0.25, -0.2) is 8.42 Å². The Hall–Kier alpha value is -2.87. The van der Waals surface area contributed by atoms with E-state index in [0.29, 0.717) is 22.8 Å². The molecule has 0 aliphatic rings. The van der Waals surface area contributed by atoms with Crippen LogP contribution in [0.1, 0.15) is 5.56 Å². The molecule has 1 aromatic heterocycles. The number of methoxy groups -OCH3 is 1.